The number of rotatable bonds is 1. The Kier molecular flexibility index (Phi) is 1.82. The van der Waals surface area contributed by atoms with E-state index < -0.39 is 0 Å². The number of hydrogen-bond donors (Lipinski definition) is 1. The average Bonchev–Trinajstić information content (AvgIpc) is 2.10. The maximum atomic E-state index is 11.0. The van der Waals surface area contributed by atoms with Crippen LogP contribution in [-0.2, 0) is 4.79 Å². The summed E-state index contributed by atoms with van der Waals surface area (Å²) in [6, 6.07) is 0. The largest absolute Gasteiger partial charge is 0.396 e. The lowest BCUT2D eigenvalue weighted by Gasteiger charge is -2.18. The molecule has 1 fully saturated rings. The minimum Gasteiger partial charge on any atom is -0.396 e. The van der Waals surface area contributed by atoms with Gasteiger partial charge in [0.15, 0.2) is 0 Å². The van der Waals surface area contributed by atoms with Crippen molar-refractivity contribution >= 4 is 5.78 Å². The third-order valence-electron chi connectivity index (χ3n) is 2.33. The molecule has 0 aliphatic heterocycles. The molecule has 2 heteroatoms. The van der Waals surface area contributed by atoms with Crippen molar-refractivity contribution in [2.75, 3.05) is 6.61 Å². The van der Waals surface area contributed by atoms with Crippen molar-refractivity contribution < 1.29 is 9.90 Å². The summed E-state index contributed by atoms with van der Waals surface area (Å²) in [6.45, 7) is 4.04. The van der Waals surface area contributed by atoms with Gasteiger partial charge in [-0.05, 0) is 11.8 Å². The molecule has 0 aromatic heterocycles. The van der Waals surface area contributed by atoms with Crippen molar-refractivity contribution in [1.82, 2.24) is 0 Å². The summed E-state index contributed by atoms with van der Waals surface area (Å²) in [4.78, 5) is 11.0. The zero-order valence-corrected chi connectivity index (χ0v) is 6.55. The Balaban J connectivity index is 2.64. The molecule has 1 aliphatic carbocycles. The van der Waals surface area contributed by atoms with E-state index in [1.54, 1.807) is 0 Å². The van der Waals surface area contributed by atoms with Crippen molar-refractivity contribution in [1.29, 1.82) is 0 Å². The van der Waals surface area contributed by atoms with Crippen molar-refractivity contribution in [2.24, 2.45) is 11.3 Å². The molecular weight excluding hydrogens is 128 g/mol. The molecule has 1 N–H and O–H groups in total. The number of carbonyl (C=O) groups is 1. The minimum atomic E-state index is -0.115. The van der Waals surface area contributed by atoms with Crippen LogP contribution in [0.2, 0.25) is 0 Å². The summed E-state index contributed by atoms with van der Waals surface area (Å²) in [5.41, 5.74) is -0.115. The van der Waals surface area contributed by atoms with Gasteiger partial charge in [-0.2, -0.15) is 0 Å². The standard InChI is InChI=1S/C8H14O2/c1-6-3-8(2,5-9)4-7(6)10/h6,9H,3-5H2,1-2H3/t6-,8+/m1/s1. The molecule has 1 rings (SSSR count). The molecule has 0 amide bonds. The number of carbonyl (C=O) groups excluding carboxylic acids is 1. The monoisotopic (exact) mass is 142 g/mol. The van der Waals surface area contributed by atoms with E-state index in [2.05, 4.69) is 0 Å². The Morgan fingerprint density at radius 1 is 1.80 bits per heavy atom. The van der Waals surface area contributed by atoms with E-state index in [-0.39, 0.29) is 17.9 Å². The number of hydrogen-bond acceptors (Lipinski definition) is 2. The molecule has 2 nitrogen and oxygen atoms in total. The van der Waals surface area contributed by atoms with Gasteiger partial charge in [0.05, 0.1) is 0 Å². The molecule has 0 saturated heterocycles. The Morgan fingerprint density at radius 3 is 2.60 bits per heavy atom. The summed E-state index contributed by atoms with van der Waals surface area (Å²) in [5.74, 6) is 0.466. The van der Waals surface area contributed by atoms with Gasteiger partial charge in [-0.1, -0.05) is 13.8 Å². The molecule has 0 aromatic rings. The highest BCUT2D eigenvalue weighted by Crippen LogP contribution is 2.37. The Labute approximate surface area is 61.2 Å². The van der Waals surface area contributed by atoms with Gasteiger partial charge in [-0.15, -0.1) is 0 Å². The SMILES string of the molecule is C[C@@H]1C[C@](C)(CO)CC1=O. The summed E-state index contributed by atoms with van der Waals surface area (Å²) in [6.07, 6.45) is 1.41. The number of Topliss-reactive ketones (excluding diaryl/α,β-unsaturated/α-hetero) is 1. The van der Waals surface area contributed by atoms with Crippen LogP contribution in [0.1, 0.15) is 26.7 Å². The first-order valence-electron chi connectivity index (χ1n) is 3.71. The molecule has 2 atom stereocenters. The number of ketones is 1. The Bertz CT molecular complexity index is 153. The highest BCUT2D eigenvalue weighted by molar-refractivity contribution is 5.83. The van der Waals surface area contributed by atoms with Gasteiger partial charge >= 0.3 is 0 Å². The van der Waals surface area contributed by atoms with E-state index >= 15 is 0 Å². The van der Waals surface area contributed by atoms with Crippen LogP contribution in [0, 0.1) is 11.3 Å². The molecule has 0 heterocycles. The molecule has 58 valence electrons. The molecule has 0 spiro atoms. The van der Waals surface area contributed by atoms with Crippen molar-refractivity contribution in [3.63, 3.8) is 0 Å². The fourth-order valence-corrected chi connectivity index (χ4v) is 1.64. The Hall–Kier alpha value is -0.370. The van der Waals surface area contributed by atoms with Gasteiger partial charge in [0.2, 0.25) is 0 Å². The van der Waals surface area contributed by atoms with Crippen LogP contribution in [0.5, 0.6) is 0 Å². The number of aliphatic hydroxyl groups excluding tert-OH is 1. The summed E-state index contributed by atoms with van der Waals surface area (Å²) < 4.78 is 0. The van der Waals surface area contributed by atoms with Gasteiger partial charge in [0.1, 0.15) is 5.78 Å². The van der Waals surface area contributed by atoms with Gasteiger partial charge in [-0.3, -0.25) is 4.79 Å². The van der Waals surface area contributed by atoms with E-state index in [4.69, 9.17) is 5.11 Å². The predicted octanol–water partition coefficient (Wildman–Crippen LogP) is 0.984. The molecule has 0 unspecified atom stereocenters. The van der Waals surface area contributed by atoms with Crippen molar-refractivity contribution in [3.8, 4) is 0 Å². The second kappa shape index (κ2) is 2.35. The zero-order chi connectivity index (χ0) is 7.78. The van der Waals surface area contributed by atoms with Crippen molar-refractivity contribution in [3.05, 3.63) is 0 Å². The molecule has 0 aromatic carbocycles. The smallest absolute Gasteiger partial charge is 0.136 e. The third kappa shape index (κ3) is 1.21. The van der Waals surface area contributed by atoms with Crippen LogP contribution >= 0.6 is 0 Å². The lowest BCUT2D eigenvalue weighted by atomic mass is 9.89. The first-order valence-corrected chi connectivity index (χ1v) is 3.71. The topological polar surface area (TPSA) is 37.3 Å². The third-order valence-corrected chi connectivity index (χ3v) is 2.33. The van der Waals surface area contributed by atoms with Crippen LogP contribution in [0.25, 0.3) is 0 Å². The van der Waals surface area contributed by atoms with E-state index in [1.807, 2.05) is 13.8 Å². The summed E-state index contributed by atoms with van der Waals surface area (Å²) in [7, 11) is 0. The quantitative estimate of drug-likeness (QED) is 0.592. The van der Waals surface area contributed by atoms with Crippen LogP contribution in [-0.4, -0.2) is 17.5 Å². The molecule has 1 saturated carbocycles. The first-order chi connectivity index (χ1) is 4.57. The fraction of sp³-hybridized carbons (Fsp3) is 0.875. The van der Waals surface area contributed by atoms with Gasteiger partial charge < -0.3 is 5.11 Å². The zero-order valence-electron chi connectivity index (χ0n) is 6.55. The predicted molar refractivity (Wildman–Crippen MR) is 38.6 cm³/mol. The number of aliphatic hydroxyl groups is 1. The molecule has 0 bridgehead atoms. The highest BCUT2D eigenvalue weighted by Gasteiger charge is 2.38. The minimum absolute atomic E-state index is 0.115. The first kappa shape index (κ1) is 7.73. The highest BCUT2D eigenvalue weighted by atomic mass is 16.3. The van der Waals surface area contributed by atoms with E-state index in [0.717, 1.165) is 6.42 Å². The Morgan fingerprint density at radius 2 is 2.40 bits per heavy atom. The molecule has 10 heavy (non-hydrogen) atoms. The lowest BCUT2D eigenvalue weighted by molar-refractivity contribution is -0.120. The molecule has 0 radical (unpaired) electrons. The summed E-state index contributed by atoms with van der Waals surface area (Å²) >= 11 is 0. The van der Waals surface area contributed by atoms with Crippen LogP contribution in [0.3, 0.4) is 0 Å². The molecular formula is C8H14O2. The maximum absolute atomic E-state index is 11.0. The van der Waals surface area contributed by atoms with Gasteiger partial charge in [0, 0.05) is 18.9 Å². The van der Waals surface area contributed by atoms with Crippen LogP contribution in [0.4, 0.5) is 0 Å². The van der Waals surface area contributed by atoms with Gasteiger partial charge in [0.25, 0.3) is 0 Å². The van der Waals surface area contributed by atoms with Crippen LogP contribution in [0.15, 0.2) is 0 Å². The molecule has 1 aliphatic rings. The van der Waals surface area contributed by atoms with Crippen LogP contribution < -0.4 is 0 Å². The maximum Gasteiger partial charge on any atom is 0.136 e. The lowest BCUT2D eigenvalue weighted by Crippen LogP contribution is -2.16. The van der Waals surface area contributed by atoms with E-state index in [0.29, 0.717) is 12.2 Å². The normalized spacial score (nSPS) is 40.7. The average molecular weight is 142 g/mol. The second-order valence-corrected chi connectivity index (χ2v) is 3.72. The fourth-order valence-electron chi connectivity index (χ4n) is 1.64. The van der Waals surface area contributed by atoms with E-state index in [1.165, 1.54) is 0 Å². The van der Waals surface area contributed by atoms with Gasteiger partial charge in [-0.25, -0.2) is 0 Å². The van der Waals surface area contributed by atoms with Crippen molar-refractivity contribution in [2.45, 2.75) is 26.7 Å². The summed E-state index contributed by atoms with van der Waals surface area (Å²) in [5, 5.41) is 8.91. The van der Waals surface area contributed by atoms with E-state index in [9.17, 15) is 4.79 Å². The second-order valence-electron chi connectivity index (χ2n) is 3.72.